The minimum absolute atomic E-state index is 0.166. The molecule has 1 spiro atoms. The highest BCUT2D eigenvalue weighted by Crippen LogP contribution is 2.41. The molecule has 59 heavy (non-hydrogen) atoms. The first-order valence-corrected chi connectivity index (χ1v) is 20.2. The lowest BCUT2D eigenvalue weighted by Crippen LogP contribution is -2.58. The van der Waals surface area contributed by atoms with Gasteiger partial charge in [0.2, 0.25) is 17.8 Å². The number of alkyl halides is 2. The van der Waals surface area contributed by atoms with Gasteiger partial charge < -0.3 is 24.5 Å². The Morgan fingerprint density at radius 3 is 2.39 bits per heavy atom. The van der Waals surface area contributed by atoms with Crippen molar-refractivity contribution in [3.63, 3.8) is 0 Å². The summed E-state index contributed by atoms with van der Waals surface area (Å²) in [6.45, 7) is 6.01. The number of aldehydes is 2. The molecule has 2 unspecified atom stereocenters. The largest absolute Gasteiger partial charge is 0.357 e. The van der Waals surface area contributed by atoms with Gasteiger partial charge >= 0.3 is 0 Å². The lowest BCUT2D eigenvalue weighted by atomic mass is 9.72. The molecular formula is C43H49F2N9O5. The van der Waals surface area contributed by atoms with Crippen LogP contribution in [0.15, 0.2) is 48.8 Å². The summed E-state index contributed by atoms with van der Waals surface area (Å²) >= 11 is 0. The van der Waals surface area contributed by atoms with E-state index in [0.29, 0.717) is 31.3 Å². The fourth-order valence-electron chi connectivity index (χ4n) is 9.71. The van der Waals surface area contributed by atoms with E-state index in [0.717, 1.165) is 59.6 Å². The molecule has 3 fully saturated rings. The smallest absolute Gasteiger partial charge is 0.255 e. The number of imide groups is 1. The summed E-state index contributed by atoms with van der Waals surface area (Å²) in [5.74, 6) is -0.566. The van der Waals surface area contributed by atoms with E-state index < -0.39 is 24.3 Å². The van der Waals surface area contributed by atoms with E-state index in [2.05, 4.69) is 33.2 Å². The van der Waals surface area contributed by atoms with Crippen LogP contribution in [0, 0.1) is 5.41 Å². The number of aromatic nitrogens is 3. The maximum Gasteiger partial charge on any atom is 0.255 e. The molecule has 2 aromatic heterocycles. The number of likely N-dealkylation sites (tertiary alicyclic amines) is 1. The molecule has 2 aromatic carbocycles. The van der Waals surface area contributed by atoms with E-state index in [-0.39, 0.29) is 49.0 Å². The number of anilines is 1. The Hall–Kier alpha value is -5.45. The third-order valence-corrected chi connectivity index (χ3v) is 12.6. The number of piperidine rings is 2. The van der Waals surface area contributed by atoms with Gasteiger partial charge in [-0.3, -0.25) is 34.3 Å². The standard InChI is InChI=1S/C25H30F2N6.C18H19N3O5/c1-31-15-25(16-31)7-10-32(11-8-25)24-28-12-17(13-29-24)23-22-19(6-9-33(23)14-21(26)27)18-4-2-3-5-20(18)30-22;1-20(15-2-3-16(24)19-17(15)25)18(26)14-7-12-9-21(4-5-22)8-11(12)6-13(14)10-23/h2-5,12-13,21,23,30H,6-11,14-16H2,1H3;5-7,10,15H,2-4,8-9H2,1H3,(H,19,24,25). The molecule has 7 heterocycles. The fourth-order valence-corrected chi connectivity index (χ4v) is 9.71. The first-order valence-electron chi connectivity index (χ1n) is 20.2. The van der Waals surface area contributed by atoms with Crippen molar-refractivity contribution in [1.82, 2.24) is 39.9 Å². The number of carbonyl (C=O) groups excluding carboxylic acids is 5. The minimum Gasteiger partial charge on any atom is -0.357 e. The van der Waals surface area contributed by atoms with Gasteiger partial charge in [0.1, 0.15) is 12.3 Å². The van der Waals surface area contributed by atoms with Gasteiger partial charge in [-0.05, 0) is 73.0 Å². The lowest BCUT2D eigenvalue weighted by Gasteiger charge is -2.52. The minimum atomic E-state index is -2.38. The highest BCUT2D eigenvalue weighted by Gasteiger charge is 2.43. The van der Waals surface area contributed by atoms with Crippen LogP contribution >= 0.6 is 0 Å². The number of nitrogens with one attached hydrogen (secondary N) is 2. The summed E-state index contributed by atoms with van der Waals surface area (Å²) in [5, 5.41) is 3.40. The van der Waals surface area contributed by atoms with Crippen molar-refractivity contribution in [3.8, 4) is 0 Å². The number of amides is 3. The van der Waals surface area contributed by atoms with Crippen LogP contribution in [0.2, 0.25) is 0 Å². The van der Waals surface area contributed by atoms with Gasteiger partial charge in [-0.15, -0.1) is 0 Å². The SMILES string of the molecule is CN(C(=O)c1cc2c(cc1C=O)CN(CC=O)C2)C1CCC(=O)NC1=O.CN1CC2(CCN(c3ncc(C4c5[nH]c6ccccc6c5CCN4CC(F)F)cn3)CC2)C1. The summed E-state index contributed by atoms with van der Waals surface area (Å²) in [7, 11) is 3.67. The zero-order chi connectivity index (χ0) is 41.4. The Balaban J connectivity index is 0.000000169. The van der Waals surface area contributed by atoms with E-state index in [9.17, 15) is 32.8 Å². The molecule has 0 bridgehead atoms. The molecule has 14 nitrogen and oxygen atoms in total. The van der Waals surface area contributed by atoms with Crippen molar-refractivity contribution < 1.29 is 32.8 Å². The predicted molar refractivity (Wildman–Crippen MR) is 215 cm³/mol. The summed E-state index contributed by atoms with van der Waals surface area (Å²) in [6.07, 6.45) is 6.25. The van der Waals surface area contributed by atoms with Crippen molar-refractivity contribution in [2.45, 2.75) is 63.7 Å². The van der Waals surface area contributed by atoms with Crippen LogP contribution in [0.5, 0.6) is 0 Å². The van der Waals surface area contributed by atoms with E-state index in [1.54, 1.807) is 12.1 Å². The maximum atomic E-state index is 13.4. The molecule has 9 rings (SSSR count). The third-order valence-electron chi connectivity index (χ3n) is 12.6. The predicted octanol–water partition coefficient (Wildman–Crippen LogP) is 3.59. The lowest BCUT2D eigenvalue weighted by molar-refractivity contribution is -0.136. The van der Waals surface area contributed by atoms with Crippen LogP contribution in [0.4, 0.5) is 14.7 Å². The monoisotopic (exact) mass is 809 g/mol. The number of likely N-dealkylation sites (N-methyl/N-ethyl adjacent to an activating group) is 1. The molecule has 2 N–H and O–H groups in total. The molecule has 5 aliphatic heterocycles. The molecule has 2 atom stereocenters. The molecule has 0 aliphatic carbocycles. The quantitative estimate of drug-likeness (QED) is 0.188. The number of fused-ring (bicyclic) bond motifs is 4. The summed E-state index contributed by atoms with van der Waals surface area (Å²) in [4.78, 5) is 81.0. The number of aromatic amines is 1. The molecule has 16 heteroatoms. The third kappa shape index (κ3) is 8.13. The summed E-state index contributed by atoms with van der Waals surface area (Å²) < 4.78 is 26.8. The summed E-state index contributed by atoms with van der Waals surface area (Å²) in [5.41, 5.74) is 6.88. The second-order valence-electron chi connectivity index (χ2n) is 16.6. The zero-order valence-electron chi connectivity index (χ0n) is 33.3. The topological polar surface area (TPSA) is 155 Å². The number of benzene rings is 2. The van der Waals surface area contributed by atoms with Crippen LogP contribution in [-0.4, -0.2) is 137 Å². The van der Waals surface area contributed by atoms with Gasteiger partial charge in [0, 0.05) is 99.4 Å². The maximum absolute atomic E-state index is 13.4. The van der Waals surface area contributed by atoms with Crippen molar-refractivity contribution >= 4 is 47.1 Å². The highest BCUT2D eigenvalue weighted by atomic mass is 19.3. The van der Waals surface area contributed by atoms with Crippen molar-refractivity contribution in [3.05, 3.63) is 87.9 Å². The number of rotatable bonds is 9. The van der Waals surface area contributed by atoms with Crippen molar-refractivity contribution in [2.75, 3.05) is 64.8 Å². The van der Waals surface area contributed by atoms with Gasteiger partial charge in [-0.25, -0.2) is 18.7 Å². The molecular weight excluding hydrogens is 761 g/mol. The van der Waals surface area contributed by atoms with Crippen LogP contribution < -0.4 is 10.2 Å². The van der Waals surface area contributed by atoms with Crippen molar-refractivity contribution in [2.24, 2.45) is 5.41 Å². The van der Waals surface area contributed by atoms with Crippen LogP contribution in [0.1, 0.15) is 80.4 Å². The number of carbonyl (C=O) groups is 5. The second kappa shape index (κ2) is 16.7. The fraction of sp³-hybridized carbons (Fsp3) is 0.465. The molecule has 3 saturated heterocycles. The van der Waals surface area contributed by atoms with Gasteiger partial charge in [-0.1, -0.05) is 18.2 Å². The van der Waals surface area contributed by atoms with E-state index in [4.69, 9.17) is 9.97 Å². The zero-order valence-corrected chi connectivity index (χ0v) is 33.3. The van der Waals surface area contributed by atoms with Gasteiger partial charge in [0.15, 0.2) is 6.29 Å². The van der Waals surface area contributed by atoms with Gasteiger partial charge in [0.25, 0.3) is 12.3 Å². The van der Waals surface area contributed by atoms with E-state index >= 15 is 0 Å². The average molecular weight is 810 g/mol. The summed E-state index contributed by atoms with van der Waals surface area (Å²) in [6, 6.07) is 10.5. The van der Waals surface area contributed by atoms with Crippen LogP contribution in [-0.2, 0) is 33.9 Å². The second-order valence-corrected chi connectivity index (χ2v) is 16.6. The Kier molecular flexibility index (Phi) is 11.4. The van der Waals surface area contributed by atoms with Gasteiger partial charge in [0.05, 0.1) is 24.7 Å². The number of H-pyrrole nitrogens is 1. The number of hydrogen-bond donors (Lipinski definition) is 2. The Labute approximate surface area is 340 Å². The Bertz CT molecular complexity index is 2250. The van der Waals surface area contributed by atoms with Gasteiger partial charge in [-0.2, -0.15) is 0 Å². The molecule has 0 radical (unpaired) electrons. The van der Waals surface area contributed by atoms with E-state index in [1.165, 1.54) is 48.8 Å². The Morgan fingerprint density at radius 2 is 1.73 bits per heavy atom. The van der Waals surface area contributed by atoms with Crippen LogP contribution in [0.3, 0.4) is 0 Å². The molecule has 3 amide bonds. The number of halogens is 2. The number of nitrogens with zero attached hydrogens (tertiary/aromatic N) is 7. The molecule has 4 aromatic rings. The van der Waals surface area contributed by atoms with Crippen LogP contribution in [0.25, 0.3) is 10.9 Å². The first-order chi connectivity index (χ1) is 28.5. The van der Waals surface area contributed by atoms with E-state index in [1.807, 2.05) is 40.4 Å². The Morgan fingerprint density at radius 1 is 1.02 bits per heavy atom. The first kappa shape index (κ1) is 40.3. The van der Waals surface area contributed by atoms with Crippen molar-refractivity contribution in [1.29, 1.82) is 0 Å². The number of para-hydroxylation sites is 1. The highest BCUT2D eigenvalue weighted by molar-refractivity contribution is 6.06. The molecule has 0 saturated carbocycles. The normalized spacial score (nSPS) is 21.7. The molecule has 310 valence electrons. The number of hydrogen-bond acceptors (Lipinski definition) is 11. The average Bonchev–Trinajstić information content (AvgIpc) is 3.80. The molecule has 5 aliphatic rings.